The summed E-state index contributed by atoms with van der Waals surface area (Å²) in [5.74, 6) is 2.73. The van der Waals surface area contributed by atoms with E-state index in [4.69, 9.17) is 42.4 Å². The quantitative estimate of drug-likeness (QED) is 0.0617. The molecule has 4 aromatic heterocycles. The summed E-state index contributed by atoms with van der Waals surface area (Å²) in [6.45, 7) is 6.52. The van der Waals surface area contributed by atoms with Crippen LogP contribution in [0, 0.1) is 0 Å². The van der Waals surface area contributed by atoms with Crippen molar-refractivity contribution in [3.05, 3.63) is 108 Å². The van der Waals surface area contributed by atoms with E-state index in [1.54, 1.807) is 77.4 Å². The maximum Gasteiger partial charge on any atom is 0.352 e. The number of likely N-dealkylation sites (tertiary alicyclic amines) is 2. The zero-order valence-corrected chi connectivity index (χ0v) is 39.1. The lowest BCUT2D eigenvalue weighted by molar-refractivity contribution is 0.0691. The summed E-state index contributed by atoms with van der Waals surface area (Å²) in [4.78, 5) is 35.4. The summed E-state index contributed by atoms with van der Waals surface area (Å²) in [7, 11) is 6.39. The fourth-order valence-electron chi connectivity index (χ4n) is 9.15. The number of aromatic carboxylic acids is 1. The number of carboxylic acid groups (broad SMARTS) is 1. The molecule has 1 amide bonds. The smallest absolute Gasteiger partial charge is 0.352 e. The number of nitrogens with zero attached hydrogens (tertiary/aromatic N) is 2. The number of aromatic nitrogens is 2. The highest BCUT2D eigenvalue weighted by molar-refractivity contribution is 6.00. The Kier molecular flexibility index (Phi) is 14.2. The van der Waals surface area contributed by atoms with E-state index in [-0.39, 0.29) is 37.0 Å². The Morgan fingerprint density at radius 1 is 0.638 bits per heavy atom. The Balaban J connectivity index is 0.000000189. The summed E-state index contributed by atoms with van der Waals surface area (Å²) in [6, 6.07) is 22.0. The Morgan fingerprint density at radius 2 is 1.12 bits per heavy atom. The van der Waals surface area contributed by atoms with Gasteiger partial charge in [0.2, 0.25) is 0 Å². The van der Waals surface area contributed by atoms with Crippen LogP contribution in [0.5, 0.6) is 34.5 Å². The Labute approximate surface area is 397 Å². The largest absolute Gasteiger partial charge is 0.496 e. The van der Waals surface area contributed by atoms with Crippen molar-refractivity contribution in [1.29, 1.82) is 0 Å². The molecule has 0 radical (unpaired) electrons. The van der Waals surface area contributed by atoms with E-state index in [0.717, 1.165) is 97.8 Å². The van der Waals surface area contributed by atoms with Crippen LogP contribution in [-0.2, 0) is 13.2 Å². The standard InChI is InChI=1S/C32H40N4O6.C20H17NO6/c1-39-24-16-29(40-2)31-21(20-42-30(31)17-24)19-41-28-5-3-4-26-25(28)18-27(34-26)32(38)33-22-6-10-35(11-7-22)14-15-36-12-8-23(37)9-13-36;1-24-12-6-17(25-2)19-11(10-27-18(19)7-12)9-26-16-5-3-4-14-13(16)8-15(21-14)20(22)23/h3-5,16-18,20,22-23,34,37H,6-15,19H2,1-2H3,(H,33,38);3-8,10,21H,9H2,1-2H3,(H,22,23). The number of fused-ring (bicyclic) bond motifs is 4. The van der Waals surface area contributed by atoms with Gasteiger partial charge in [0, 0.05) is 103 Å². The first-order valence-electron chi connectivity index (χ1n) is 23.0. The lowest BCUT2D eigenvalue weighted by atomic mass is 10.0. The number of furan rings is 2. The molecule has 0 aliphatic carbocycles. The molecule has 17 heteroatoms. The van der Waals surface area contributed by atoms with Crippen molar-refractivity contribution in [3.63, 3.8) is 0 Å². The van der Waals surface area contributed by atoms with E-state index in [1.165, 1.54) is 0 Å². The number of H-pyrrole nitrogens is 2. The summed E-state index contributed by atoms with van der Waals surface area (Å²) in [5, 5.41) is 25.3. The predicted octanol–water partition coefficient (Wildman–Crippen LogP) is 8.37. The third-order valence-corrected chi connectivity index (χ3v) is 13.0. The number of carboxylic acids is 1. The molecule has 69 heavy (non-hydrogen) atoms. The second-order valence-electron chi connectivity index (χ2n) is 17.3. The van der Waals surface area contributed by atoms with Gasteiger partial charge in [0.25, 0.3) is 5.91 Å². The third kappa shape index (κ3) is 10.4. The van der Waals surface area contributed by atoms with Gasteiger partial charge in [-0.3, -0.25) is 4.79 Å². The van der Waals surface area contributed by atoms with Gasteiger partial charge in [-0.2, -0.15) is 0 Å². The number of nitrogens with one attached hydrogen (secondary N) is 3. The molecule has 2 saturated heterocycles. The minimum atomic E-state index is -1.02. The van der Waals surface area contributed by atoms with Crippen LogP contribution in [0.2, 0.25) is 0 Å². The van der Waals surface area contributed by atoms with Crippen LogP contribution in [0.1, 0.15) is 57.8 Å². The Hall–Kier alpha value is -7.34. The molecule has 10 rings (SSSR count). The molecule has 5 N–H and O–H groups in total. The number of ether oxygens (including phenoxy) is 6. The van der Waals surface area contributed by atoms with E-state index in [9.17, 15) is 14.7 Å². The summed E-state index contributed by atoms with van der Waals surface area (Å²) in [6.07, 6.45) is 6.79. The van der Waals surface area contributed by atoms with Crippen molar-refractivity contribution in [3.8, 4) is 34.5 Å². The van der Waals surface area contributed by atoms with Gasteiger partial charge in [0.15, 0.2) is 0 Å². The van der Waals surface area contributed by atoms with E-state index < -0.39 is 5.97 Å². The van der Waals surface area contributed by atoms with Gasteiger partial charge in [-0.25, -0.2) is 4.79 Å². The molecule has 362 valence electrons. The number of carbonyl (C=O) groups is 2. The molecule has 17 nitrogen and oxygen atoms in total. The average molecular weight is 944 g/mol. The van der Waals surface area contributed by atoms with Crippen LogP contribution in [0.15, 0.2) is 94.2 Å². The highest BCUT2D eigenvalue weighted by Gasteiger charge is 2.24. The van der Waals surface area contributed by atoms with Crippen LogP contribution in [0.25, 0.3) is 43.7 Å². The average Bonchev–Trinajstić information content (AvgIpc) is 4.20. The molecule has 6 heterocycles. The number of amides is 1. The number of hydrogen-bond acceptors (Lipinski definition) is 13. The summed E-state index contributed by atoms with van der Waals surface area (Å²) in [5.41, 5.74) is 5.16. The number of aliphatic hydroxyl groups excluding tert-OH is 1. The lowest BCUT2D eigenvalue weighted by Crippen LogP contribution is -2.47. The van der Waals surface area contributed by atoms with Crippen LogP contribution >= 0.6 is 0 Å². The minimum absolute atomic E-state index is 0.0954. The van der Waals surface area contributed by atoms with Crippen LogP contribution in [0.3, 0.4) is 0 Å². The van der Waals surface area contributed by atoms with E-state index in [0.29, 0.717) is 62.3 Å². The monoisotopic (exact) mass is 943 g/mol. The molecule has 0 bridgehead atoms. The van der Waals surface area contributed by atoms with Crippen LogP contribution < -0.4 is 33.7 Å². The number of carbonyl (C=O) groups excluding carboxylic acids is 1. The lowest BCUT2D eigenvalue weighted by Gasteiger charge is -2.35. The van der Waals surface area contributed by atoms with Crippen molar-refractivity contribution in [2.24, 2.45) is 0 Å². The topological polar surface area (TPSA) is 206 Å². The second-order valence-corrected chi connectivity index (χ2v) is 17.3. The molecule has 2 fully saturated rings. The number of hydrogen-bond donors (Lipinski definition) is 5. The second kappa shape index (κ2) is 20.9. The van der Waals surface area contributed by atoms with Crippen LogP contribution in [0.4, 0.5) is 0 Å². The Morgan fingerprint density at radius 3 is 1.59 bits per heavy atom. The van der Waals surface area contributed by atoms with Gasteiger partial charge in [0.05, 0.1) is 57.8 Å². The molecular formula is C52H57N5O12. The zero-order valence-electron chi connectivity index (χ0n) is 39.1. The number of benzene rings is 4. The fraction of sp³-hybridized carbons (Fsp3) is 0.346. The van der Waals surface area contributed by atoms with Crippen molar-refractivity contribution < 1.29 is 57.1 Å². The molecule has 8 aromatic rings. The first-order chi connectivity index (χ1) is 33.6. The molecule has 4 aromatic carbocycles. The highest BCUT2D eigenvalue weighted by Crippen LogP contribution is 2.38. The molecule has 2 aliphatic heterocycles. The van der Waals surface area contributed by atoms with Crippen molar-refractivity contribution in [2.75, 3.05) is 67.7 Å². The van der Waals surface area contributed by atoms with Gasteiger partial charge < -0.3 is 72.6 Å². The van der Waals surface area contributed by atoms with Crippen molar-refractivity contribution >= 4 is 55.6 Å². The van der Waals surface area contributed by atoms with Gasteiger partial charge in [-0.15, -0.1) is 0 Å². The van der Waals surface area contributed by atoms with Gasteiger partial charge in [0.1, 0.15) is 70.3 Å². The first kappa shape index (κ1) is 46.8. The molecular weight excluding hydrogens is 887 g/mol. The number of aromatic amines is 2. The van der Waals surface area contributed by atoms with Crippen LogP contribution in [-0.4, -0.2) is 122 Å². The first-order valence-corrected chi connectivity index (χ1v) is 23.0. The third-order valence-electron chi connectivity index (χ3n) is 13.0. The molecule has 0 spiro atoms. The van der Waals surface area contributed by atoms with E-state index in [1.807, 2.05) is 36.4 Å². The minimum Gasteiger partial charge on any atom is -0.496 e. The van der Waals surface area contributed by atoms with E-state index >= 15 is 0 Å². The van der Waals surface area contributed by atoms with Gasteiger partial charge >= 0.3 is 5.97 Å². The van der Waals surface area contributed by atoms with Gasteiger partial charge in [-0.1, -0.05) is 12.1 Å². The van der Waals surface area contributed by atoms with E-state index in [2.05, 4.69) is 25.1 Å². The summed E-state index contributed by atoms with van der Waals surface area (Å²) >= 11 is 0. The molecule has 0 unspecified atom stereocenters. The normalized spacial score (nSPS) is 15.0. The van der Waals surface area contributed by atoms with Crippen molar-refractivity contribution in [2.45, 2.75) is 51.0 Å². The predicted molar refractivity (Wildman–Crippen MR) is 259 cm³/mol. The highest BCUT2D eigenvalue weighted by atomic mass is 16.5. The molecule has 2 aliphatic rings. The molecule has 0 atom stereocenters. The van der Waals surface area contributed by atoms with Gasteiger partial charge in [-0.05, 0) is 62.1 Å². The Bertz CT molecular complexity index is 3060. The van der Waals surface area contributed by atoms with Crippen molar-refractivity contribution in [1.82, 2.24) is 25.1 Å². The fourth-order valence-corrected chi connectivity index (χ4v) is 9.15. The summed E-state index contributed by atoms with van der Waals surface area (Å²) < 4.78 is 45.2. The number of piperidine rings is 2. The number of aliphatic hydroxyl groups is 1. The molecule has 0 saturated carbocycles. The maximum absolute atomic E-state index is 13.2. The SMILES string of the molecule is COc1cc(OC)c2c(COc3cccc4[nH]c(C(=O)NC5CCN(CCN6CCC(O)CC6)CC5)cc34)coc2c1.COc1cc(OC)c2c(COc3cccc4[nH]c(C(=O)O)cc34)coc2c1. The number of rotatable bonds is 16. The number of methoxy groups -OCH3 is 4. The zero-order chi connectivity index (χ0) is 48.0. The maximum atomic E-state index is 13.2.